The summed E-state index contributed by atoms with van der Waals surface area (Å²) in [4.78, 5) is 0. The fourth-order valence-corrected chi connectivity index (χ4v) is 3.17. The lowest BCUT2D eigenvalue weighted by Crippen LogP contribution is -2.48. The third-order valence-electron chi connectivity index (χ3n) is 4.45. The Morgan fingerprint density at radius 3 is 2.58 bits per heavy atom. The molecule has 1 saturated carbocycles. The predicted molar refractivity (Wildman–Crippen MR) is 78.5 cm³/mol. The van der Waals surface area contributed by atoms with Crippen LogP contribution in [0.5, 0.6) is 0 Å². The first-order valence-corrected chi connectivity index (χ1v) is 8.19. The van der Waals surface area contributed by atoms with E-state index in [4.69, 9.17) is 9.47 Å². The van der Waals surface area contributed by atoms with Gasteiger partial charge in [0.15, 0.2) is 0 Å². The molecule has 0 aromatic heterocycles. The van der Waals surface area contributed by atoms with Gasteiger partial charge in [-0.15, -0.1) is 0 Å². The molecule has 2 aliphatic rings. The van der Waals surface area contributed by atoms with E-state index in [2.05, 4.69) is 19.2 Å². The first-order valence-electron chi connectivity index (χ1n) is 8.19. The first-order chi connectivity index (χ1) is 9.20. The van der Waals surface area contributed by atoms with Crippen molar-refractivity contribution in [1.82, 2.24) is 5.32 Å². The molecule has 2 fully saturated rings. The van der Waals surface area contributed by atoms with Crippen molar-refractivity contribution >= 4 is 0 Å². The molecule has 1 unspecified atom stereocenters. The van der Waals surface area contributed by atoms with Crippen LogP contribution in [0.4, 0.5) is 0 Å². The third-order valence-corrected chi connectivity index (χ3v) is 4.45. The molecule has 1 N–H and O–H groups in total. The van der Waals surface area contributed by atoms with E-state index < -0.39 is 0 Å². The lowest BCUT2D eigenvalue weighted by Gasteiger charge is -2.39. The van der Waals surface area contributed by atoms with E-state index >= 15 is 0 Å². The summed E-state index contributed by atoms with van der Waals surface area (Å²) in [5, 5.41) is 3.58. The number of ether oxygens (including phenoxy) is 2. The summed E-state index contributed by atoms with van der Waals surface area (Å²) in [5.41, 5.74) is 0.0727. The summed E-state index contributed by atoms with van der Waals surface area (Å²) >= 11 is 0. The van der Waals surface area contributed by atoms with Crippen LogP contribution in [0.1, 0.15) is 65.2 Å². The smallest absolute Gasteiger partial charge is 0.0808 e. The van der Waals surface area contributed by atoms with Gasteiger partial charge in [-0.05, 0) is 32.1 Å². The van der Waals surface area contributed by atoms with Gasteiger partial charge >= 0.3 is 0 Å². The minimum absolute atomic E-state index is 0.0727. The average Bonchev–Trinajstić information content (AvgIpc) is 2.45. The summed E-state index contributed by atoms with van der Waals surface area (Å²) in [6, 6.07) is 0.535. The van der Waals surface area contributed by atoms with E-state index in [-0.39, 0.29) is 5.60 Å². The van der Waals surface area contributed by atoms with Crippen LogP contribution in [-0.4, -0.2) is 37.5 Å². The molecular weight excluding hydrogens is 238 g/mol. The quantitative estimate of drug-likeness (QED) is 0.803. The van der Waals surface area contributed by atoms with Gasteiger partial charge in [0, 0.05) is 19.2 Å². The van der Waals surface area contributed by atoms with Crippen LogP contribution >= 0.6 is 0 Å². The molecule has 0 amide bonds. The van der Waals surface area contributed by atoms with Crippen LogP contribution in [0.15, 0.2) is 0 Å². The van der Waals surface area contributed by atoms with E-state index in [0.717, 1.165) is 19.8 Å². The van der Waals surface area contributed by atoms with E-state index in [1.165, 1.54) is 51.4 Å². The third kappa shape index (κ3) is 5.05. The number of nitrogens with one attached hydrogen (secondary N) is 1. The molecule has 1 aliphatic carbocycles. The Morgan fingerprint density at radius 2 is 1.95 bits per heavy atom. The molecule has 0 aromatic rings. The normalized spacial score (nSPS) is 27.6. The van der Waals surface area contributed by atoms with Crippen molar-refractivity contribution in [2.24, 2.45) is 0 Å². The van der Waals surface area contributed by atoms with Crippen molar-refractivity contribution in [3.8, 4) is 0 Å². The summed E-state index contributed by atoms with van der Waals surface area (Å²) in [6.45, 7) is 7.13. The van der Waals surface area contributed by atoms with Crippen LogP contribution in [0, 0.1) is 0 Å². The minimum atomic E-state index is 0.0727. The summed E-state index contributed by atoms with van der Waals surface area (Å²) < 4.78 is 12.2. The summed E-state index contributed by atoms with van der Waals surface area (Å²) in [5.74, 6) is 0. The van der Waals surface area contributed by atoms with Crippen LogP contribution in [0.25, 0.3) is 0 Å². The number of rotatable bonds is 6. The fraction of sp³-hybridized carbons (Fsp3) is 1.00. The molecular formula is C16H31NO2. The molecule has 0 aromatic carbocycles. The van der Waals surface area contributed by atoms with Crippen LogP contribution in [0.2, 0.25) is 0 Å². The lowest BCUT2D eigenvalue weighted by molar-refractivity contribution is -0.120. The van der Waals surface area contributed by atoms with Gasteiger partial charge in [0.05, 0.1) is 18.3 Å². The minimum Gasteiger partial charge on any atom is -0.376 e. The molecule has 1 atom stereocenters. The van der Waals surface area contributed by atoms with Gasteiger partial charge in [0.1, 0.15) is 0 Å². The second kappa shape index (κ2) is 7.61. The molecule has 3 heteroatoms. The molecule has 0 bridgehead atoms. The van der Waals surface area contributed by atoms with Gasteiger partial charge in [0.25, 0.3) is 0 Å². The maximum Gasteiger partial charge on any atom is 0.0808 e. The zero-order valence-corrected chi connectivity index (χ0v) is 12.7. The largest absolute Gasteiger partial charge is 0.376 e. The number of hydrogen-bond acceptors (Lipinski definition) is 3. The van der Waals surface area contributed by atoms with Gasteiger partial charge in [0.2, 0.25) is 0 Å². The van der Waals surface area contributed by atoms with Gasteiger partial charge in [-0.2, -0.15) is 0 Å². The SMILES string of the molecule is CC(C)NCC1(OCC2CCCCO2)CCCCC1. The van der Waals surface area contributed by atoms with Crippen molar-refractivity contribution < 1.29 is 9.47 Å². The maximum atomic E-state index is 6.37. The molecule has 3 nitrogen and oxygen atoms in total. The summed E-state index contributed by atoms with van der Waals surface area (Å²) in [7, 11) is 0. The van der Waals surface area contributed by atoms with E-state index in [1.54, 1.807) is 0 Å². The highest BCUT2D eigenvalue weighted by Gasteiger charge is 2.33. The van der Waals surface area contributed by atoms with Crippen LogP contribution in [0.3, 0.4) is 0 Å². The Balaban J connectivity index is 1.81. The van der Waals surface area contributed by atoms with Crippen molar-refractivity contribution in [3.05, 3.63) is 0 Å². The van der Waals surface area contributed by atoms with Gasteiger partial charge in [-0.3, -0.25) is 0 Å². The fourth-order valence-electron chi connectivity index (χ4n) is 3.17. The second-order valence-corrected chi connectivity index (χ2v) is 6.58. The topological polar surface area (TPSA) is 30.5 Å². The van der Waals surface area contributed by atoms with Gasteiger partial charge in [-0.25, -0.2) is 0 Å². The Hall–Kier alpha value is -0.120. The van der Waals surface area contributed by atoms with E-state index in [1.807, 2.05) is 0 Å². The highest BCUT2D eigenvalue weighted by Crippen LogP contribution is 2.32. The van der Waals surface area contributed by atoms with Gasteiger partial charge in [-0.1, -0.05) is 33.1 Å². The van der Waals surface area contributed by atoms with E-state index in [0.29, 0.717) is 12.1 Å². The Kier molecular flexibility index (Phi) is 6.11. The number of hydrogen-bond donors (Lipinski definition) is 1. The average molecular weight is 269 g/mol. The molecule has 1 aliphatic heterocycles. The van der Waals surface area contributed by atoms with Crippen molar-refractivity contribution in [1.29, 1.82) is 0 Å². The molecule has 19 heavy (non-hydrogen) atoms. The van der Waals surface area contributed by atoms with Crippen LogP contribution < -0.4 is 5.32 Å². The highest BCUT2D eigenvalue weighted by molar-refractivity contribution is 4.87. The predicted octanol–water partition coefficient (Wildman–Crippen LogP) is 3.27. The highest BCUT2D eigenvalue weighted by atomic mass is 16.5. The first kappa shape index (κ1) is 15.3. The molecule has 1 saturated heterocycles. The monoisotopic (exact) mass is 269 g/mol. The maximum absolute atomic E-state index is 6.37. The van der Waals surface area contributed by atoms with Crippen molar-refractivity contribution in [2.75, 3.05) is 19.8 Å². The van der Waals surface area contributed by atoms with E-state index in [9.17, 15) is 0 Å². The molecule has 112 valence electrons. The van der Waals surface area contributed by atoms with Gasteiger partial charge < -0.3 is 14.8 Å². The standard InChI is InChI=1S/C16H31NO2/c1-14(2)17-13-16(9-5-3-6-10-16)19-12-15-8-4-7-11-18-15/h14-15,17H,3-13H2,1-2H3. The van der Waals surface area contributed by atoms with Crippen molar-refractivity contribution in [2.45, 2.75) is 83.0 Å². The van der Waals surface area contributed by atoms with Crippen molar-refractivity contribution in [3.63, 3.8) is 0 Å². The molecule has 1 heterocycles. The molecule has 0 radical (unpaired) electrons. The Bertz CT molecular complexity index is 243. The lowest BCUT2D eigenvalue weighted by atomic mass is 9.84. The summed E-state index contributed by atoms with van der Waals surface area (Å²) in [6.07, 6.45) is 10.4. The Morgan fingerprint density at radius 1 is 1.16 bits per heavy atom. The zero-order chi connectivity index (χ0) is 13.6. The zero-order valence-electron chi connectivity index (χ0n) is 12.7. The molecule has 0 spiro atoms. The van der Waals surface area contributed by atoms with Crippen LogP contribution in [-0.2, 0) is 9.47 Å². The Labute approximate surface area is 118 Å². The molecule has 2 rings (SSSR count). The second-order valence-electron chi connectivity index (χ2n) is 6.58.